The number of rotatable bonds is 4. The lowest BCUT2D eigenvalue weighted by molar-refractivity contribution is -0.0399. The van der Waals surface area contributed by atoms with E-state index >= 15 is 0 Å². The molecule has 6 aromatic carbocycles. The van der Waals surface area contributed by atoms with Gasteiger partial charge in [0.2, 0.25) is 0 Å². The number of anilines is 3. The zero-order chi connectivity index (χ0) is 39.9. The van der Waals surface area contributed by atoms with Crippen LogP contribution in [0.4, 0.5) is 17.1 Å². The Hall–Kier alpha value is -4.88. The SMILES string of the molecule is CC(C)(C)c1cc(N(c2cccc(-c3cccc4c3C(C)(C)c3ccccc3-4)c2)c2ccc3c(c2)C2(c4ccccc4-3)C3CC4CC(C3)CC2C4)cc(C(C)(C)C)c1. The van der Waals surface area contributed by atoms with E-state index in [4.69, 9.17) is 0 Å². The van der Waals surface area contributed by atoms with Crippen LogP contribution in [0.15, 0.2) is 127 Å². The van der Waals surface area contributed by atoms with Crippen LogP contribution in [0.5, 0.6) is 0 Å². The number of fused-ring (bicyclic) bond motifs is 6. The molecule has 0 aromatic heterocycles. The van der Waals surface area contributed by atoms with E-state index in [9.17, 15) is 0 Å². The van der Waals surface area contributed by atoms with E-state index in [1.807, 2.05) is 0 Å². The highest BCUT2D eigenvalue weighted by Gasteiger charge is 2.61. The van der Waals surface area contributed by atoms with Gasteiger partial charge in [0, 0.05) is 27.9 Å². The molecule has 6 aliphatic carbocycles. The molecule has 0 radical (unpaired) electrons. The average molecular weight is 758 g/mol. The molecule has 1 nitrogen and oxygen atoms in total. The maximum atomic E-state index is 2.67. The summed E-state index contributed by atoms with van der Waals surface area (Å²) in [6.45, 7) is 19.0. The fraction of sp³-hybridized carbons (Fsp3) is 0.368. The predicted molar refractivity (Wildman–Crippen MR) is 245 cm³/mol. The Morgan fingerprint density at radius 2 is 0.983 bits per heavy atom. The molecule has 4 bridgehead atoms. The second-order valence-corrected chi connectivity index (χ2v) is 21.5. The second-order valence-electron chi connectivity index (χ2n) is 21.5. The molecule has 0 unspecified atom stereocenters. The highest BCUT2D eigenvalue weighted by molar-refractivity contribution is 5.91. The lowest BCUT2D eigenvalue weighted by atomic mass is 9.43. The Morgan fingerprint density at radius 3 is 1.64 bits per heavy atom. The molecular formula is C57H59N. The highest BCUT2D eigenvalue weighted by Crippen LogP contribution is 2.69. The maximum absolute atomic E-state index is 2.67. The predicted octanol–water partition coefficient (Wildman–Crippen LogP) is 15.4. The van der Waals surface area contributed by atoms with Crippen LogP contribution in [-0.2, 0) is 21.7 Å². The van der Waals surface area contributed by atoms with Crippen LogP contribution >= 0.6 is 0 Å². The number of nitrogens with zero attached hydrogens (tertiary/aromatic N) is 1. The summed E-state index contributed by atoms with van der Waals surface area (Å²) in [6.07, 6.45) is 7.03. The third-order valence-corrected chi connectivity index (χ3v) is 15.7. The minimum atomic E-state index is -0.0944. The maximum Gasteiger partial charge on any atom is 0.0467 e. The Labute approximate surface area is 347 Å². The lowest BCUT2D eigenvalue weighted by Crippen LogP contribution is -2.55. The van der Waals surface area contributed by atoms with Crippen molar-refractivity contribution in [3.63, 3.8) is 0 Å². The fourth-order valence-electron chi connectivity index (χ4n) is 13.2. The summed E-state index contributed by atoms with van der Waals surface area (Å²) in [5, 5.41) is 0. The van der Waals surface area contributed by atoms with Crippen LogP contribution in [0.2, 0.25) is 0 Å². The molecule has 58 heavy (non-hydrogen) atoms. The van der Waals surface area contributed by atoms with Crippen molar-refractivity contribution < 1.29 is 0 Å². The van der Waals surface area contributed by atoms with E-state index < -0.39 is 0 Å². The van der Waals surface area contributed by atoms with Crippen LogP contribution in [0, 0.1) is 23.7 Å². The Bertz CT molecular complexity index is 2580. The van der Waals surface area contributed by atoms with Gasteiger partial charge in [-0.05, 0) is 170 Å². The van der Waals surface area contributed by atoms with Crippen molar-refractivity contribution in [3.8, 4) is 33.4 Å². The van der Waals surface area contributed by atoms with Gasteiger partial charge in [-0.15, -0.1) is 0 Å². The zero-order valence-electron chi connectivity index (χ0n) is 35.9. The van der Waals surface area contributed by atoms with Crippen molar-refractivity contribution in [1.82, 2.24) is 0 Å². The fourth-order valence-corrected chi connectivity index (χ4v) is 13.2. The monoisotopic (exact) mass is 757 g/mol. The van der Waals surface area contributed by atoms with Crippen LogP contribution in [0.25, 0.3) is 33.4 Å². The van der Waals surface area contributed by atoms with E-state index in [1.165, 1.54) is 105 Å². The van der Waals surface area contributed by atoms with Gasteiger partial charge in [-0.2, -0.15) is 0 Å². The smallest absolute Gasteiger partial charge is 0.0467 e. The van der Waals surface area contributed by atoms with Crippen LogP contribution < -0.4 is 4.90 Å². The Morgan fingerprint density at radius 1 is 0.448 bits per heavy atom. The number of hydrogen-bond acceptors (Lipinski definition) is 1. The molecule has 4 saturated carbocycles. The minimum Gasteiger partial charge on any atom is -0.310 e. The third-order valence-electron chi connectivity index (χ3n) is 15.7. The normalized spacial score (nSPS) is 24.4. The van der Waals surface area contributed by atoms with Crippen molar-refractivity contribution in [2.45, 2.75) is 109 Å². The molecule has 12 rings (SSSR count). The van der Waals surface area contributed by atoms with Gasteiger partial charge in [0.15, 0.2) is 0 Å². The molecule has 0 saturated heterocycles. The summed E-state index contributed by atoms with van der Waals surface area (Å²) in [5.41, 5.74) is 20.9. The molecule has 1 spiro atoms. The first-order valence-corrected chi connectivity index (χ1v) is 22.3. The molecule has 0 aliphatic heterocycles. The number of hydrogen-bond donors (Lipinski definition) is 0. The summed E-state index contributed by atoms with van der Waals surface area (Å²) >= 11 is 0. The average Bonchev–Trinajstić information content (AvgIpc) is 3.62. The van der Waals surface area contributed by atoms with Crippen molar-refractivity contribution >= 4 is 17.1 Å². The minimum absolute atomic E-state index is 0.00126. The molecule has 1 heteroatoms. The van der Waals surface area contributed by atoms with E-state index in [0.717, 1.165) is 23.7 Å². The second kappa shape index (κ2) is 12.3. The van der Waals surface area contributed by atoms with E-state index in [2.05, 4.69) is 188 Å². The number of benzene rings is 6. The van der Waals surface area contributed by atoms with Crippen LogP contribution in [0.1, 0.15) is 121 Å². The molecule has 6 aromatic rings. The van der Waals surface area contributed by atoms with Crippen LogP contribution in [0.3, 0.4) is 0 Å². The first-order valence-electron chi connectivity index (χ1n) is 22.3. The van der Waals surface area contributed by atoms with E-state index in [0.29, 0.717) is 0 Å². The van der Waals surface area contributed by atoms with E-state index in [1.54, 1.807) is 11.1 Å². The molecule has 0 atom stereocenters. The molecule has 292 valence electrons. The van der Waals surface area contributed by atoms with Gasteiger partial charge in [0.1, 0.15) is 0 Å². The van der Waals surface area contributed by atoms with Gasteiger partial charge in [-0.3, -0.25) is 0 Å². The molecule has 0 N–H and O–H groups in total. The quantitative estimate of drug-likeness (QED) is 0.173. The molecule has 0 heterocycles. The Kier molecular flexibility index (Phi) is 7.70. The highest BCUT2D eigenvalue weighted by atomic mass is 15.1. The first kappa shape index (κ1) is 36.2. The van der Waals surface area contributed by atoms with Crippen molar-refractivity contribution in [2.75, 3.05) is 4.90 Å². The topological polar surface area (TPSA) is 3.24 Å². The van der Waals surface area contributed by atoms with Crippen molar-refractivity contribution in [1.29, 1.82) is 0 Å². The van der Waals surface area contributed by atoms with Gasteiger partial charge in [0.05, 0.1) is 0 Å². The summed E-state index contributed by atoms with van der Waals surface area (Å²) in [6, 6.07) is 50.0. The van der Waals surface area contributed by atoms with Gasteiger partial charge >= 0.3 is 0 Å². The standard InChI is InChI=1S/C57H59N/c1-54(2,3)38-31-39(55(4,5)6)33-44(32-38)58(42-16-13-15-37(30-42)45-19-14-20-49-47-18-9-11-21-50(47)56(7,8)53(45)49)43-23-24-48-46-17-10-12-22-51(46)57(52(48)34-43)40-26-35-25-36(28-40)29-41(57)27-35/h9-24,30-36,40-41H,25-29H2,1-8H3. The molecular weight excluding hydrogens is 699 g/mol. The summed E-state index contributed by atoms with van der Waals surface area (Å²) in [4.78, 5) is 2.62. The lowest BCUT2D eigenvalue weighted by Gasteiger charge is -2.61. The zero-order valence-corrected chi connectivity index (χ0v) is 35.9. The summed E-state index contributed by atoms with van der Waals surface area (Å²) in [5.74, 6) is 3.28. The summed E-state index contributed by atoms with van der Waals surface area (Å²) in [7, 11) is 0. The largest absolute Gasteiger partial charge is 0.310 e. The van der Waals surface area contributed by atoms with Crippen LogP contribution in [-0.4, -0.2) is 0 Å². The van der Waals surface area contributed by atoms with Crippen molar-refractivity contribution in [3.05, 3.63) is 161 Å². The van der Waals surface area contributed by atoms with Gasteiger partial charge in [-0.25, -0.2) is 0 Å². The molecule has 4 fully saturated rings. The molecule has 6 aliphatic rings. The summed E-state index contributed by atoms with van der Waals surface area (Å²) < 4.78 is 0. The Balaban J connectivity index is 1.14. The van der Waals surface area contributed by atoms with Gasteiger partial charge in [0.25, 0.3) is 0 Å². The van der Waals surface area contributed by atoms with Gasteiger partial charge < -0.3 is 4.90 Å². The van der Waals surface area contributed by atoms with Gasteiger partial charge in [-0.1, -0.05) is 146 Å². The third kappa shape index (κ3) is 5.14. The van der Waals surface area contributed by atoms with Crippen molar-refractivity contribution in [2.24, 2.45) is 23.7 Å². The molecule has 0 amide bonds. The first-order chi connectivity index (χ1) is 27.7. The van der Waals surface area contributed by atoms with E-state index in [-0.39, 0.29) is 21.7 Å².